The summed E-state index contributed by atoms with van der Waals surface area (Å²) in [5, 5.41) is 2.94. The number of nitrogens with zero attached hydrogens (tertiary/aromatic N) is 1. The fourth-order valence-corrected chi connectivity index (χ4v) is 2.93. The molecule has 0 unspecified atom stereocenters. The number of rotatable bonds is 4. The van der Waals surface area contributed by atoms with Gasteiger partial charge in [-0.05, 0) is 50.3 Å². The summed E-state index contributed by atoms with van der Waals surface area (Å²) in [4.78, 5) is 25.4. The van der Waals surface area contributed by atoms with Crippen molar-refractivity contribution < 1.29 is 9.59 Å². The first kappa shape index (κ1) is 15.5. The summed E-state index contributed by atoms with van der Waals surface area (Å²) in [5.74, 6) is 0.0173. The van der Waals surface area contributed by atoms with Gasteiger partial charge in [0.1, 0.15) is 0 Å². The van der Waals surface area contributed by atoms with Crippen LogP contribution in [0.2, 0.25) is 0 Å². The Bertz CT molecular complexity index is 529. The van der Waals surface area contributed by atoms with Crippen molar-refractivity contribution in [2.75, 3.05) is 13.1 Å². The summed E-state index contributed by atoms with van der Waals surface area (Å²) in [7, 11) is 0. The number of aryl methyl sites for hydroxylation is 3. The zero-order valence-electron chi connectivity index (χ0n) is 13.2. The number of hydrogen-bond donors (Lipinski definition) is 1. The minimum atomic E-state index is -0.0791. The molecule has 2 rings (SSSR count). The van der Waals surface area contributed by atoms with E-state index in [1.807, 2.05) is 0 Å². The summed E-state index contributed by atoms with van der Waals surface area (Å²) in [6, 6.07) is 4.26. The van der Waals surface area contributed by atoms with Gasteiger partial charge in [-0.25, -0.2) is 0 Å². The minimum absolute atomic E-state index is 0.0791. The fraction of sp³-hybridized carbons (Fsp3) is 0.529. The summed E-state index contributed by atoms with van der Waals surface area (Å²) in [5.41, 5.74) is 4.79. The molecular formula is C17H24N2O2. The van der Waals surface area contributed by atoms with Gasteiger partial charge in [0.15, 0.2) is 0 Å². The molecule has 1 heterocycles. The third kappa shape index (κ3) is 4.06. The monoisotopic (exact) mass is 288 g/mol. The van der Waals surface area contributed by atoms with Crippen molar-refractivity contribution in [1.29, 1.82) is 0 Å². The Labute approximate surface area is 126 Å². The van der Waals surface area contributed by atoms with Crippen LogP contribution >= 0.6 is 0 Å². The molecule has 1 aromatic carbocycles. The summed E-state index contributed by atoms with van der Waals surface area (Å²) in [6.45, 7) is 7.62. The third-order valence-electron chi connectivity index (χ3n) is 4.06. The van der Waals surface area contributed by atoms with Crippen LogP contribution in [-0.4, -0.2) is 29.8 Å². The number of amides is 2. The fourth-order valence-electron chi connectivity index (χ4n) is 2.93. The molecule has 2 amide bonds. The molecule has 0 radical (unpaired) electrons. The van der Waals surface area contributed by atoms with Gasteiger partial charge in [-0.1, -0.05) is 17.7 Å². The highest BCUT2D eigenvalue weighted by molar-refractivity contribution is 5.85. The maximum Gasteiger partial charge on any atom is 0.239 e. The Morgan fingerprint density at radius 2 is 1.86 bits per heavy atom. The summed E-state index contributed by atoms with van der Waals surface area (Å²) in [6.07, 6.45) is 2.51. The van der Waals surface area contributed by atoms with Crippen LogP contribution in [0.15, 0.2) is 12.1 Å². The van der Waals surface area contributed by atoms with Crippen molar-refractivity contribution in [3.8, 4) is 0 Å². The predicted molar refractivity (Wildman–Crippen MR) is 82.9 cm³/mol. The largest absolute Gasteiger partial charge is 0.350 e. The van der Waals surface area contributed by atoms with Gasteiger partial charge < -0.3 is 10.2 Å². The highest BCUT2D eigenvalue weighted by Crippen LogP contribution is 2.16. The second kappa shape index (κ2) is 6.74. The molecule has 0 saturated carbocycles. The lowest BCUT2D eigenvalue weighted by molar-refractivity contribution is -0.137. The quantitative estimate of drug-likeness (QED) is 0.923. The van der Waals surface area contributed by atoms with Crippen molar-refractivity contribution in [2.24, 2.45) is 0 Å². The lowest BCUT2D eigenvalue weighted by Crippen LogP contribution is -2.42. The summed E-state index contributed by atoms with van der Waals surface area (Å²) < 4.78 is 0. The molecule has 21 heavy (non-hydrogen) atoms. The zero-order chi connectivity index (χ0) is 15.4. The van der Waals surface area contributed by atoms with Gasteiger partial charge in [-0.2, -0.15) is 0 Å². The Kier molecular flexibility index (Phi) is 4.99. The molecule has 1 aliphatic heterocycles. The van der Waals surface area contributed by atoms with Gasteiger partial charge in [0.2, 0.25) is 11.8 Å². The van der Waals surface area contributed by atoms with Crippen LogP contribution in [0.1, 0.15) is 41.5 Å². The van der Waals surface area contributed by atoms with Crippen LogP contribution in [0.25, 0.3) is 0 Å². The lowest BCUT2D eigenvalue weighted by atomic mass is 10.00. The van der Waals surface area contributed by atoms with E-state index in [2.05, 4.69) is 38.2 Å². The standard InChI is InChI=1S/C17H24N2O2/c1-12-8-13(2)15(14(3)9-12)10-18-16(20)11-19-7-5-4-6-17(19)21/h8-9H,4-7,10-11H2,1-3H3,(H,18,20). The van der Waals surface area contributed by atoms with Crippen LogP contribution in [0.4, 0.5) is 0 Å². The molecule has 1 N–H and O–H groups in total. The molecule has 4 heteroatoms. The number of hydrogen-bond acceptors (Lipinski definition) is 2. The van der Waals surface area contributed by atoms with Crippen molar-refractivity contribution in [1.82, 2.24) is 10.2 Å². The van der Waals surface area contributed by atoms with Crippen LogP contribution in [-0.2, 0) is 16.1 Å². The molecule has 0 aromatic heterocycles. The van der Waals surface area contributed by atoms with Crippen molar-refractivity contribution >= 4 is 11.8 Å². The van der Waals surface area contributed by atoms with Crippen molar-refractivity contribution in [2.45, 2.75) is 46.6 Å². The molecule has 0 spiro atoms. The molecule has 1 saturated heterocycles. The van der Waals surface area contributed by atoms with E-state index in [-0.39, 0.29) is 18.4 Å². The summed E-state index contributed by atoms with van der Waals surface area (Å²) >= 11 is 0. The van der Waals surface area contributed by atoms with Crippen LogP contribution < -0.4 is 5.32 Å². The molecule has 0 bridgehead atoms. The van der Waals surface area contributed by atoms with Crippen LogP contribution in [0, 0.1) is 20.8 Å². The van der Waals surface area contributed by atoms with E-state index in [0.29, 0.717) is 19.5 Å². The van der Waals surface area contributed by atoms with Gasteiger partial charge in [0.05, 0.1) is 6.54 Å². The van der Waals surface area contributed by atoms with E-state index in [1.54, 1.807) is 4.90 Å². The average molecular weight is 288 g/mol. The molecule has 1 aliphatic rings. The predicted octanol–water partition coefficient (Wildman–Crippen LogP) is 2.24. The van der Waals surface area contributed by atoms with Crippen LogP contribution in [0.5, 0.6) is 0 Å². The first-order chi connectivity index (χ1) is 9.97. The van der Waals surface area contributed by atoms with E-state index in [0.717, 1.165) is 12.8 Å². The molecule has 4 nitrogen and oxygen atoms in total. The molecule has 1 fully saturated rings. The van der Waals surface area contributed by atoms with Gasteiger partial charge >= 0.3 is 0 Å². The normalized spacial score (nSPS) is 15.2. The van der Waals surface area contributed by atoms with E-state index in [1.165, 1.54) is 22.3 Å². The van der Waals surface area contributed by atoms with E-state index < -0.39 is 0 Å². The maximum atomic E-state index is 12.0. The highest BCUT2D eigenvalue weighted by Gasteiger charge is 2.20. The number of carbonyl (C=O) groups is 2. The Hall–Kier alpha value is -1.84. The Morgan fingerprint density at radius 1 is 1.19 bits per heavy atom. The molecule has 0 aliphatic carbocycles. The van der Waals surface area contributed by atoms with Gasteiger partial charge in [-0.15, -0.1) is 0 Å². The highest BCUT2D eigenvalue weighted by atomic mass is 16.2. The zero-order valence-corrected chi connectivity index (χ0v) is 13.2. The number of likely N-dealkylation sites (tertiary alicyclic amines) is 1. The van der Waals surface area contributed by atoms with Crippen molar-refractivity contribution in [3.05, 3.63) is 34.4 Å². The second-order valence-electron chi connectivity index (χ2n) is 5.93. The number of carbonyl (C=O) groups excluding carboxylic acids is 2. The Balaban J connectivity index is 1.91. The first-order valence-electron chi connectivity index (χ1n) is 7.58. The smallest absolute Gasteiger partial charge is 0.239 e. The van der Waals surface area contributed by atoms with E-state index >= 15 is 0 Å². The molecule has 114 valence electrons. The second-order valence-corrected chi connectivity index (χ2v) is 5.93. The molecule has 1 aromatic rings. The van der Waals surface area contributed by atoms with Gasteiger partial charge in [-0.3, -0.25) is 9.59 Å². The maximum absolute atomic E-state index is 12.0. The van der Waals surface area contributed by atoms with Crippen molar-refractivity contribution in [3.63, 3.8) is 0 Å². The third-order valence-corrected chi connectivity index (χ3v) is 4.06. The number of nitrogens with one attached hydrogen (secondary N) is 1. The average Bonchev–Trinajstić information content (AvgIpc) is 2.40. The lowest BCUT2D eigenvalue weighted by Gasteiger charge is -2.26. The van der Waals surface area contributed by atoms with E-state index in [9.17, 15) is 9.59 Å². The minimum Gasteiger partial charge on any atom is -0.350 e. The van der Waals surface area contributed by atoms with E-state index in [4.69, 9.17) is 0 Å². The van der Waals surface area contributed by atoms with Gasteiger partial charge in [0.25, 0.3) is 0 Å². The Morgan fingerprint density at radius 3 is 2.48 bits per heavy atom. The van der Waals surface area contributed by atoms with Crippen LogP contribution in [0.3, 0.4) is 0 Å². The number of piperidine rings is 1. The van der Waals surface area contributed by atoms with Gasteiger partial charge in [0, 0.05) is 19.5 Å². The molecular weight excluding hydrogens is 264 g/mol. The SMILES string of the molecule is Cc1cc(C)c(CNC(=O)CN2CCCCC2=O)c(C)c1. The molecule has 0 atom stereocenters. The topological polar surface area (TPSA) is 49.4 Å². The first-order valence-corrected chi connectivity index (χ1v) is 7.58. The number of benzene rings is 1.